The zero-order valence-electron chi connectivity index (χ0n) is 13.8. The Morgan fingerprint density at radius 2 is 2.00 bits per heavy atom. The molecule has 9 heteroatoms. The number of anilines is 1. The van der Waals surface area contributed by atoms with Crippen LogP contribution in [0.5, 0.6) is 0 Å². The lowest BCUT2D eigenvalue weighted by Gasteiger charge is -2.12. The second kappa shape index (κ2) is 9.74. The van der Waals surface area contributed by atoms with Crippen LogP contribution in [0.4, 0.5) is 5.13 Å². The van der Waals surface area contributed by atoms with E-state index < -0.39 is 0 Å². The minimum Gasteiger partial charge on any atom is -0.465 e. The van der Waals surface area contributed by atoms with Gasteiger partial charge in [0.15, 0.2) is 0 Å². The molecule has 0 saturated heterocycles. The Bertz CT molecular complexity index is 722. The number of ether oxygens (including phenoxy) is 1. The summed E-state index contributed by atoms with van der Waals surface area (Å²) < 4.78 is 4.87. The predicted octanol–water partition coefficient (Wildman–Crippen LogP) is 3.87. The van der Waals surface area contributed by atoms with E-state index in [0.29, 0.717) is 28.2 Å². The fourth-order valence-corrected chi connectivity index (χ4v) is 3.66. The van der Waals surface area contributed by atoms with E-state index in [4.69, 9.17) is 16.3 Å². The van der Waals surface area contributed by atoms with Gasteiger partial charge < -0.3 is 4.74 Å². The summed E-state index contributed by atoms with van der Waals surface area (Å²) in [5.74, 6) is -0.373. The molecule has 0 unspecified atom stereocenters. The maximum Gasteiger partial charge on any atom is 0.315 e. The number of halogens is 1. The van der Waals surface area contributed by atoms with Crippen LogP contribution in [0.3, 0.4) is 0 Å². The van der Waals surface area contributed by atoms with Crippen molar-refractivity contribution < 1.29 is 14.3 Å². The van der Waals surface area contributed by atoms with Crippen molar-refractivity contribution in [3.8, 4) is 10.6 Å². The zero-order valence-corrected chi connectivity index (χ0v) is 16.2. The molecule has 0 bridgehead atoms. The lowest BCUT2D eigenvalue weighted by Crippen LogP contribution is -2.26. The van der Waals surface area contributed by atoms with E-state index in [2.05, 4.69) is 15.5 Å². The van der Waals surface area contributed by atoms with Crippen molar-refractivity contribution in [2.24, 2.45) is 0 Å². The summed E-state index contributed by atoms with van der Waals surface area (Å²) in [5, 5.41) is 12.2. The molecule has 1 atom stereocenters. The fraction of sp³-hybridized carbons (Fsp3) is 0.375. The van der Waals surface area contributed by atoms with Gasteiger partial charge in [-0.2, -0.15) is 0 Å². The number of hydrogen-bond acceptors (Lipinski definition) is 7. The Morgan fingerprint density at radius 3 is 2.64 bits per heavy atom. The molecule has 134 valence electrons. The number of carbonyl (C=O) groups excluding carboxylic acids is 2. The van der Waals surface area contributed by atoms with E-state index in [1.54, 1.807) is 19.1 Å². The van der Waals surface area contributed by atoms with Gasteiger partial charge in [-0.3, -0.25) is 14.9 Å². The van der Waals surface area contributed by atoms with Gasteiger partial charge in [0, 0.05) is 10.6 Å². The summed E-state index contributed by atoms with van der Waals surface area (Å²) in [6.45, 7) is 3.97. The van der Waals surface area contributed by atoms with Crippen molar-refractivity contribution in [2.45, 2.75) is 25.5 Å². The Morgan fingerprint density at radius 1 is 1.28 bits per heavy atom. The van der Waals surface area contributed by atoms with Crippen LogP contribution in [0.15, 0.2) is 24.3 Å². The van der Waals surface area contributed by atoms with Crippen LogP contribution in [0.2, 0.25) is 5.02 Å². The van der Waals surface area contributed by atoms with E-state index in [-0.39, 0.29) is 22.9 Å². The van der Waals surface area contributed by atoms with Gasteiger partial charge in [0.05, 0.1) is 17.6 Å². The summed E-state index contributed by atoms with van der Waals surface area (Å²) >= 11 is 8.41. The topological polar surface area (TPSA) is 81.2 Å². The molecule has 6 nitrogen and oxygen atoms in total. The van der Waals surface area contributed by atoms with E-state index in [1.165, 1.54) is 23.1 Å². The third-order valence-corrected chi connectivity index (χ3v) is 5.61. The molecule has 1 aromatic heterocycles. The summed E-state index contributed by atoms with van der Waals surface area (Å²) in [5.41, 5.74) is 0.881. The van der Waals surface area contributed by atoms with E-state index in [1.807, 2.05) is 19.1 Å². The number of amides is 1. The summed E-state index contributed by atoms with van der Waals surface area (Å²) in [7, 11) is 0. The average molecular weight is 400 g/mol. The second-order valence-corrected chi connectivity index (χ2v) is 7.53. The standard InChI is InChI=1S/C16H18ClN3O3S2/c1-3-12(24-9-13(21)23-4-2)14(22)18-16-20-19-15(25-16)10-5-7-11(17)8-6-10/h5-8,12H,3-4,9H2,1-2H3,(H,18,20,22)/t12-/m0/s1. The highest BCUT2D eigenvalue weighted by molar-refractivity contribution is 8.01. The lowest BCUT2D eigenvalue weighted by atomic mass is 10.2. The molecule has 0 saturated carbocycles. The molecule has 0 spiro atoms. The van der Waals surface area contributed by atoms with Gasteiger partial charge in [0.1, 0.15) is 5.01 Å². The normalized spacial score (nSPS) is 11.8. The molecule has 2 rings (SSSR count). The molecule has 1 heterocycles. The quantitative estimate of drug-likeness (QED) is 0.678. The van der Waals surface area contributed by atoms with E-state index >= 15 is 0 Å². The molecular weight excluding hydrogens is 382 g/mol. The van der Waals surface area contributed by atoms with Gasteiger partial charge in [-0.25, -0.2) is 0 Å². The first-order valence-corrected chi connectivity index (χ1v) is 9.95. The van der Waals surface area contributed by atoms with Crippen LogP contribution in [0.25, 0.3) is 10.6 Å². The third kappa shape index (κ3) is 5.98. The smallest absolute Gasteiger partial charge is 0.315 e. The van der Waals surface area contributed by atoms with Crippen molar-refractivity contribution in [2.75, 3.05) is 17.7 Å². The number of nitrogens with zero attached hydrogens (tertiary/aromatic N) is 2. The van der Waals surface area contributed by atoms with Gasteiger partial charge in [0.2, 0.25) is 11.0 Å². The first-order chi connectivity index (χ1) is 12.0. The molecule has 0 aliphatic heterocycles. The largest absolute Gasteiger partial charge is 0.465 e. The van der Waals surface area contributed by atoms with Crippen molar-refractivity contribution in [3.63, 3.8) is 0 Å². The van der Waals surface area contributed by atoms with Crippen LogP contribution in [-0.2, 0) is 14.3 Å². The molecule has 0 aliphatic rings. The molecule has 1 N–H and O–H groups in total. The maximum absolute atomic E-state index is 12.3. The molecule has 0 radical (unpaired) electrons. The number of rotatable bonds is 8. The number of aromatic nitrogens is 2. The molecule has 1 amide bonds. The molecule has 1 aromatic carbocycles. The fourth-order valence-electron chi connectivity index (χ4n) is 1.92. The van der Waals surface area contributed by atoms with Crippen LogP contribution in [0, 0.1) is 0 Å². The highest BCUT2D eigenvalue weighted by atomic mass is 35.5. The molecule has 0 fully saturated rings. The zero-order chi connectivity index (χ0) is 18.2. The third-order valence-electron chi connectivity index (χ3n) is 3.12. The van der Waals surface area contributed by atoms with Crippen LogP contribution in [-0.4, -0.2) is 39.7 Å². The van der Waals surface area contributed by atoms with E-state index in [9.17, 15) is 9.59 Å². The van der Waals surface area contributed by atoms with Gasteiger partial charge in [-0.1, -0.05) is 42.0 Å². The van der Waals surface area contributed by atoms with Gasteiger partial charge >= 0.3 is 5.97 Å². The van der Waals surface area contributed by atoms with Crippen molar-refractivity contribution >= 4 is 51.7 Å². The van der Waals surface area contributed by atoms with Crippen molar-refractivity contribution in [1.29, 1.82) is 0 Å². The van der Waals surface area contributed by atoms with Crippen LogP contribution in [0.1, 0.15) is 20.3 Å². The molecule has 0 aliphatic carbocycles. The Labute approximate surface area is 159 Å². The highest BCUT2D eigenvalue weighted by Gasteiger charge is 2.20. The summed E-state index contributed by atoms with van der Waals surface area (Å²) in [6.07, 6.45) is 0.596. The highest BCUT2D eigenvalue weighted by Crippen LogP contribution is 2.28. The lowest BCUT2D eigenvalue weighted by molar-refractivity contribution is -0.139. The number of thioether (sulfide) groups is 1. The molecular formula is C16H18ClN3O3S2. The Balaban J connectivity index is 1.95. The minimum atomic E-state index is -0.354. The van der Waals surface area contributed by atoms with Crippen molar-refractivity contribution in [1.82, 2.24) is 10.2 Å². The monoisotopic (exact) mass is 399 g/mol. The van der Waals surface area contributed by atoms with E-state index in [0.717, 1.165) is 5.56 Å². The van der Waals surface area contributed by atoms with Crippen LogP contribution >= 0.6 is 34.7 Å². The van der Waals surface area contributed by atoms with Gasteiger partial charge in [-0.15, -0.1) is 22.0 Å². The van der Waals surface area contributed by atoms with Gasteiger partial charge in [-0.05, 0) is 25.5 Å². The Hall–Kier alpha value is -1.64. The maximum atomic E-state index is 12.3. The summed E-state index contributed by atoms with van der Waals surface area (Å²) in [6, 6.07) is 7.24. The minimum absolute atomic E-state index is 0.145. The molecule has 25 heavy (non-hydrogen) atoms. The predicted molar refractivity (Wildman–Crippen MR) is 102 cm³/mol. The number of nitrogens with one attached hydrogen (secondary N) is 1. The van der Waals surface area contributed by atoms with Gasteiger partial charge in [0.25, 0.3) is 0 Å². The Kier molecular flexibility index (Phi) is 7.67. The average Bonchev–Trinajstić information content (AvgIpc) is 3.04. The molecule has 2 aromatic rings. The SMILES string of the molecule is CCOC(=O)CS[C@@H](CC)C(=O)Nc1nnc(-c2ccc(Cl)cc2)s1. The number of hydrogen-bond donors (Lipinski definition) is 1. The number of carbonyl (C=O) groups is 2. The number of esters is 1. The first-order valence-electron chi connectivity index (χ1n) is 7.71. The van der Waals surface area contributed by atoms with Crippen molar-refractivity contribution in [3.05, 3.63) is 29.3 Å². The second-order valence-electron chi connectivity index (χ2n) is 4.92. The van der Waals surface area contributed by atoms with Crippen LogP contribution < -0.4 is 5.32 Å². The first kappa shape index (κ1) is 19.7. The summed E-state index contributed by atoms with van der Waals surface area (Å²) in [4.78, 5) is 23.8. The number of benzene rings is 1.